The minimum atomic E-state index is -3.96. The molecule has 1 aromatic carbocycles. The zero-order chi connectivity index (χ0) is 16.0. The van der Waals surface area contributed by atoms with Crippen LogP contribution in [0.1, 0.15) is 29.3 Å². The average Bonchev–Trinajstić information content (AvgIpc) is 2.39. The van der Waals surface area contributed by atoms with Crippen molar-refractivity contribution in [2.24, 2.45) is 5.14 Å². The summed E-state index contributed by atoms with van der Waals surface area (Å²) in [6.45, 7) is 4.39. The van der Waals surface area contributed by atoms with Gasteiger partial charge in [0.15, 0.2) is 0 Å². The fourth-order valence-electron chi connectivity index (χ4n) is 1.68. The van der Waals surface area contributed by atoms with Gasteiger partial charge in [-0.2, -0.15) is 0 Å². The molecule has 0 atom stereocenters. The minimum absolute atomic E-state index is 0.0713. The molecule has 21 heavy (non-hydrogen) atoms. The van der Waals surface area contributed by atoms with Gasteiger partial charge in [-0.15, -0.1) is 0 Å². The summed E-state index contributed by atoms with van der Waals surface area (Å²) in [6, 6.07) is 2.55. The van der Waals surface area contributed by atoms with E-state index in [1.165, 1.54) is 19.1 Å². The summed E-state index contributed by atoms with van der Waals surface area (Å²) in [6.07, 6.45) is 0.874. The van der Waals surface area contributed by atoms with Crippen LogP contribution in [0.5, 0.6) is 0 Å². The Morgan fingerprint density at radius 1 is 1.29 bits per heavy atom. The van der Waals surface area contributed by atoms with Crippen molar-refractivity contribution in [2.45, 2.75) is 25.2 Å². The molecule has 0 aliphatic rings. The average molecular weight is 336 g/mol. The van der Waals surface area contributed by atoms with E-state index >= 15 is 0 Å². The van der Waals surface area contributed by atoms with Crippen LogP contribution in [0.4, 0.5) is 0 Å². The molecular formula is C13H18ClNO5S. The first-order valence-corrected chi connectivity index (χ1v) is 8.27. The first kappa shape index (κ1) is 17.9. The van der Waals surface area contributed by atoms with Crippen molar-refractivity contribution in [1.29, 1.82) is 0 Å². The van der Waals surface area contributed by atoms with E-state index in [-0.39, 0.29) is 34.3 Å². The number of nitrogens with two attached hydrogens (primary N) is 1. The van der Waals surface area contributed by atoms with E-state index < -0.39 is 16.0 Å². The van der Waals surface area contributed by atoms with E-state index in [9.17, 15) is 13.2 Å². The second kappa shape index (κ2) is 7.74. The number of carbonyl (C=O) groups excluding carboxylic acids is 1. The fourth-order valence-corrected chi connectivity index (χ4v) is 2.79. The predicted molar refractivity (Wildman–Crippen MR) is 79.0 cm³/mol. The molecule has 0 aromatic heterocycles. The van der Waals surface area contributed by atoms with Crippen LogP contribution in [0, 0.1) is 6.92 Å². The normalized spacial score (nSPS) is 11.4. The maximum Gasteiger partial charge on any atom is 0.338 e. The van der Waals surface area contributed by atoms with Crippen molar-refractivity contribution in [3.8, 4) is 0 Å². The first-order valence-electron chi connectivity index (χ1n) is 6.35. The number of hydrogen-bond acceptors (Lipinski definition) is 5. The van der Waals surface area contributed by atoms with Gasteiger partial charge >= 0.3 is 5.97 Å². The lowest BCUT2D eigenvalue weighted by molar-refractivity contribution is 0.0317. The SMILES string of the molecule is CCCOCCOC(=O)c1cc(Cl)cc(S(N)(=O)=O)c1C. The second-order valence-electron chi connectivity index (χ2n) is 4.37. The van der Waals surface area contributed by atoms with E-state index in [1.807, 2.05) is 6.92 Å². The Morgan fingerprint density at radius 2 is 1.95 bits per heavy atom. The molecule has 0 bridgehead atoms. The van der Waals surface area contributed by atoms with E-state index in [1.54, 1.807) is 0 Å². The molecule has 0 saturated heterocycles. The number of primary sulfonamides is 1. The van der Waals surface area contributed by atoms with Crippen molar-refractivity contribution in [3.63, 3.8) is 0 Å². The Kier molecular flexibility index (Phi) is 6.60. The lowest BCUT2D eigenvalue weighted by Crippen LogP contribution is -2.17. The first-order chi connectivity index (χ1) is 9.77. The third-order valence-electron chi connectivity index (χ3n) is 2.66. The third-order valence-corrected chi connectivity index (χ3v) is 3.92. The van der Waals surface area contributed by atoms with Crippen LogP contribution in [-0.4, -0.2) is 34.2 Å². The number of halogens is 1. The molecule has 0 aliphatic carbocycles. The molecule has 8 heteroatoms. The highest BCUT2D eigenvalue weighted by Crippen LogP contribution is 2.24. The maximum absolute atomic E-state index is 12.0. The Labute approximate surface area is 129 Å². The highest BCUT2D eigenvalue weighted by molar-refractivity contribution is 7.89. The van der Waals surface area contributed by atoms with Crippen LogP contribution in [0.15, 0.2) is 17.0 Å². The fraction of sp³-hybridized carbons (Fsp3) is 0.462. The van der Waals surface area contributed by atoms with E-state index in [0.717, 1.165) is 6.42 Å². The molecular weight excluding hydrogens is 318 g/mol. The van der Waals surface area contributed by atoms with Gasteiger partial charge in [0.2, 0.25) is 10.0 Å². The molecule has 0 radical (unpaired) electrons. The molecule has 0 saturated carbocycles. The van der Waals surface area contributed by atoms with Gasteiger partial charge in [0.05, 0.1) is 17.1 Å². The quantitative estimate of drug-likeness (QED) is 0.606. The van der Waals surface area contributed by atoms with Gasteiger partial charge < -0.3 is 9.47 Å². The predicted octanol–water partition coefficient (Wildman–Crippen LogP) is 1.88. The Balaban J connectivity index is 2.88. The zero-order valence-corrected chi connectivity index (χ0v) is 13.5. The van der Waals surface area contributed by atoms with Crippen molar-refractivity contribution >= 4 is 27.6 Å². The van der Waals surface area contributed by atoms with Gasteiger partial charge in [-0.05, 0) is 31.0 Å². The van der Waals surface area contributed by atoms with E-state index in [2.05, 4.69) is 0 Å². The molecule has 2 N–H and O–H groups in total. The minimum Gasteiger partial charge on any atom is -0.460 e. The summed E-state index contributed by atoms with van der Waals surface area (Å²) in [4.78, 5) is 11.8. The number of esters is 1. The van der Waals surface area contributed by atoms with E-state index in [4.69, 9.17) is 26.2 Å². The highest BCUT2D eigenvalue weighted by atomic mass is 35.5. The van der Waals surface area contributed by atoms with Crippen LogP contribution in [0.3, 0.4) is 0 Å². The van der Waals surface area contributed by atoms with Crippen LogP contribution in [0.2, 0.25) is 5.02 Å². The zero-order valence-electron chi connectivity index (χ0n) is 11.9. The van der Waals surface area contributed by atoms with Crippen molar-refractivity contribution in [2.75, 3.05) is 19.8 Å². The lowest BCUT2D eigenvalue weighted by Gasteiger charge is -2.11. The standard InChI is InChI=1S/C13H18ClNO5S/c1-3-4-19-5-6-20-13(16)11-7-10(14)8-12(9(11)2)21(15,17)18/h7-8H,3-6H2,1-2H3,(H2,15,17,18). The molecule has 0 fully saturated rings. The van der Waals surface area contributed by atoms with Gasteiger partial charge in [-0.1, -0.05) is 18.5 Å². The van der Waals surface area contributed by atoms with Crippen LogP contribution in [-0.2, 0) is 19.5 Å². The molecule has 1 aromatic rings. The van der Waals surface area contributed by atoms with Gasteiger partial charge in [-0.3, -0.25) is 0 Å². The molecule has 0 heterocycles. The van der Waals surface area contributed by atoms with Gasteiger partial charge in [0.1, 0.15) is 6.61 Å². The monoisotopic (exact) mass is 335 g/mol. The Hall–Kier alpha value is -1.15. The number of sulfonamides is 1. The molecule has 1 rings (SSSR count). The summed E-state index contributed by atoms with van der Waals surface area (Å²) in [5.41, 5.74) is 0.281. The topological polar surface area (TPSA) is 95.7 Å². The third kappa shape index (κ3) is 5.28. The molecule has 0 aliphatic heterocycles. The largest absolute Gasteiger partial charge is 0.460 e. The molecule has 6 nitrogen and oxygen atoms in total. The second-order valence-corrected chi connectivity index (χ2v) is 6.34. The molecule has 0 unspecified atom stereocenters. The Morgan fingerprint density at radius 3 is 2.52 bits per heavy atom. The number of rotatable bonds is 7. The molecule has 0 amide bonds. The van der Waals surface area contributed by atoms with Gasteiger partial charge in [0.25, 0.3) is 0 Å². The van der Waals surface area contributed by atoms with Gasteiger partial charge in [-0.25, -0.2) is 18.4 Å². The number of hydrogen-bond donors (Lipinski definition) is 1. The number of carbonyl (C=O) groups is 1. The maximum atomic E-state index is 12.0. The van der Waals surface area contributed by atoms with Crippen molar-refractivity contribution in [1.82, 2.24) is 0 Å². The van der Waals surface area contributed by atoms with E-state index in [0.29, 0.717) is 6.61 Å². The molecule has 0 spiro atoms. The van der Waals surface area contributed by atoms with Crippen LogP contribution < -0.4 is 5.14 Å². The van der Waals surface area contributed by atoms with Crippen LogP contribution >= 0.6 is 11.6 Å². The number of benzene rings is 1. The highest BCUT2D eigenvalue weighted by Gasteiger charge is 2.20. The van der Waals surface area contributed by atoms with Crippen molar-refractivity contribution < 1.29 is 22.7 Å². The summed E-state index contributed by atoms with van der Waals surface area (Å²) >= 11 is 5.82. The summed E-state index contributed by atoms with van der Waals surface area (Å²) in [5, 5.41) is 5.19. The molecule has 118 valence electrons. The van der Waals surface area contributed by atoms with Crippen LogP contribution in [0.25, 0.3) is 0 Å². The van der Waals surface area contributed by atoms with Crippen molar-refractivity contribution in [3.05, 3.63) is 28.3 Å². The summed E-state index contributed by atoms with van der Waals surface area (Å²) in [7, 11) is -3.96. The Bertz CT molecular complexity index is 615. The lowest BCUT2D eigenvalue weighted by atomic mass is 10.1. The smallest absolute Gasteiger partial charge is 0.338 e. The number of ether oxygens (including phenoxy) is 2. The summed E-state index contributed by atoms with van der Waals surface area (Å²) < 4.78 is 33.1. The summed E-state index contributed by atoms with van der Waals surface area (Å²) in [5.74, 6) is -0.667. The van der Waals surface area contributed by atoms with Gasteiger partial charge in [0, 0.05) is 11.6 Å².